The number of unbranched alkanes of at least 4 members (excludes halogenated alkanes) is 7. The number of rotatable bonds is 11. The molecule has 0 unspecified atom stereocenters. The van der Waals surface area contributed by atoms with Crippen molar-refractivity contribution in [2.75, 3.05) is 11.9 Å². The third-order valence-electron chi connectivity index (χ3n) is 4.15. The van der Waals surface area contributed by atoms with E-state index in [1.165, 1.54) is 51.4 Å². The molecule has 1 aromatic heterocycles. The largest absolute Gasteiger partial charge is 0.370 e. The maximum atomic E-state index is 8.37. The van der Waals surface area contributed by atoms with Crippen molar-refractivity contribution in [2.45, 2.75) is 79.1 Å². The van der Waals surface area contributed by atoms with Gasteiger partial charge < -0.3 is 10.7 Å². The molecule has 0 aliphatic rings. The molecule has 2 N–H and O–H groups in total. The van der Waals surface area contributed by atoms with Crippen LogP contribution in [0.4, 0.5) is 5.82 Å². The lowest BCUT2D eigenvalue weighted by molar-refractivity contribution is 0.580. The average molecular weight is 318 g/mol. The minimum atomic E-state index is -0.155. The molecule has 130 valence electrons. The average Bonchev–Trinajstić information content (AvgIpc) is 2.52. The van der Waals surface area contributed by atoms with Crippen LogP contribution in [0.25, 0.3) is 0 Å². The molecule has 1 rings (SSSR count). The molecule has 23 heavy (non-hydrogen) atoms. The van der Waals surface area contributed by atoms with Crippen LogP contribution in [0, 0.1) is 10.8 Å². The van der Waals surface area contributed by atoms with E-state index >= 15 is 0 Å². The van der Waals surface area contributed by atoms with Gasteiger partial charge in [-0.2, -0.15) is 0 Å². The Balaban J connectivity index is 2.32. The third kappa shape index (κ3) is 7.62. The topological polar surface area (TPSA) is 48.8 Å². The summed E-state index contributed by atoms with van der Waals surface area (Å²) < 4.78 is 0. The van der Waals surface area contributed by atoms with Gasteiger partial charge in [0, 0.05) is 29.4 Å². The summed E-state index contributed by atoms with van der Waals surface area (Å²) in [4.78, 5) is 4.43. The molecule has 0 bridgehead atoms. The summed E-state index contributed by atoms with van der Waals surface area (Å²) in [5.41, 5.74) is 1.42. The molecule has 3 heteroatoms. The van der Waals surface area contributed by atoms with Crippen molar-refractivity contribution in [1.29, 1.82) is 5.41 Å². The van der Waals surface area contributed by atoms with Crippen molar-refractivity contribution in [3.63, 3.8) is 0 Å². The summed E-state index contributed by atoms with van der Waals surface area (Å²) in [5.74, 6) is 0.857. The second-order valence-electron chi connectivity index (χ2n) is 7.43. The number of hydrogen-bond acceptors (Lipinski definition) is 3. The van der Waals surface area contributed by atoms with Gasteiger partial charge >= 0.3 is 0 Å². The monoisotopic (exact) mass is 317 g/mol. The van der Waals surface area contributed by atoms with Gasteiger partial charge in [-0.05, 0) is 18.6 Å². The van der Waals surface area contributed by atoms with E-state index < -0.39 is 0 Å². The van der Waals surface area contributed by atoms with Crippen LogP contribution in [0.5, 0.6) is 0 Å². The highest BCUT2D eigenvalue weighted by Gasteiger charge is 2.21. The summed E-state index contributed by atoms with van der Waals surface area (Å²) in [6.07, 6.45) is 12.4. The molecule has 0 saturated carbocycles. The van der Waals surface area contributed by atoms with Gasteiger partial charge in [0.15, 0.2) is 0 Å². The smallest absolute Gasteiger partial charge is 0.135 e. The Kier molecular flexibility index (Phi) is 8.90. The lowest BCUT2D eigenvalue weighted by Gasteiger charge is -2.22. The maximum absolute atomic E-state index is 8.37. The molecular formula is C20H35N3. The van der Waals surface area contributed by atoms with Gasteiger partial charge in [-0.1, -0.05) is 72.6 Å². The van der Waals surface area contributed by atoms with Gasteiger partial charge in [0.25, 0.3) is 0 Å². The van der Waals surface area contributed by atoms with Crippen LogP contribution in [-0.2, 0) is 0 Å². The molecule has 0 spiro atoms. The van der Waals surface area contributed by atoms with E-state index in [0.29, 0.717) is 5.71 Å². The molecule has 1 heterocycles. The molecule has 3 nitrogen and oxygen atoms in total. The first-order chi connectivity index (χ1) is 11.0. The number of aromatic nitrogens is 1. The lowest BCUT2D eigenvalue weighted by Crippen LogP contribution is -2.22. The highest BCUT2D eigenvalue weighted by Crippen LogP contribution is 2.24. The Morgan fingerprint density at radius 2 is 1.65 bits per heavy atom. The summed E-state index contributed by atoms with van der Waals surface area (Å²) >= 11 is 0. The predicted molar refractivity (Wildman–Crippen MR) is 102 cm³/mol. The highest BCUT2D eigenvalue weighted by atomic mass is 15.0. The molecular weight excluding hydrogens is 282 g/mol. The normalized spacial score (nSPS) is 11.5. The van der Waals surface area contributed by atoms with Crippen LogP contribution in [0.3, 0.4) is 0 Å². The summed E-state index contributed by atoms with van der Waals surface area (Å²) in [6, 6.07) is 3.91. The van der Waals surface area contributed by atoms with Gasteiger partial charge in [0.2, 0.25) is 0 Å². The van der Waals surface area contributed by atoms with Crippen LogP contribution < -0.4 is 5.32 Å². The van der Waals surface area contributed by atoms with Gasteiger partial charge in [-0.3, -0.25) is 0 Å². The van der Waals surface area contributed by atoms with E-state index in [-0.39, 0.29) is 5.41 Å². The first-order valence-electron chi connectivity index (χ1n) is 9.25. The van der Waals surface area contributed by atoms with E-state index in [2.05, 4.69) is 38.0 Å². The molecule has 0 aliphatic carbocycles. The van der Waals surface area contributed by atoms with Crippen molar-refractivity contribution in [3.05, 3.63) is 23.9 Å². The van der Waals surface area contributed by atoms with Crippen LogP contribution in [-0.4, -0.2) is 17.2 Å². The molecule has 0 saturated heterocycles. The lowest BCUT2D eigenvalue weighted by atomic mass is 9.86. The zero-order valence-corrected chi connectivity index (χ0v) is 15.5. The SMILES string of the molecule is CCCCCCCCCCNc1ncccc1C(=N)C(C)(C)C. The van der Waals surface area contributed by atoms with E-state index in [0.717, 1.165) is 17.9 Å². The quantitative estimate of drug-likeness (QED) is 0.385. The fourth-order valence-electron chi connectivity index (χ4n) is 2.62. The van der Waals surface area contributed by atoms with Crippen molar-refractivity contribution < 1.29 is 0 Å². The van der Waals surface area contributed by atoms with Crippen molar-refractivity contribution in [3.8, 4) is 0 Å². The number of pyridine rings is 1. The first kappa shape index (κ1) is 19.7. The van der Waals surface area contributed by atoms with Crippen molar-refractivity contribution >= 4 is 11.5 Å². The second-order valence-corrected chi connectivity index (χ2v) is 7.43. The Hall–Kier alpha value is -1.38. The van der Waals surface area contributed by atoms with Gasteiger partial charge in [-0.15, -0.1) is 0 Å². The summed E-state index contributed by atoms with van der Waals surface area (Å²) in [6.45, 7) is 9.42. The number of nitrogens with zero attached hydrogens (tertiary/aromatic N) is 1. The van der Waals surface area contributed by atoms with Crippen LogP contribution in [0.1, 0.15) is 84.6 Å². The maximum Gasteiger partial charge on any atom is 0.135 e. The van der Waals surface area contributed by atoms with Gasteiger partial charge in [-0.25, -0.2) is 4.98 Å². The molecule has 0 radical (unpaired) electrons. The van der Waals surface area contributed by atoms with Crippen LogP contribution in [0.2, 0.25) is 0 Å². The molecule has 0 aromatic carbocycles. The second kappa shape index (κ2) is 10.4. The van der Waals surface area contributed by atoms with E-state index in [9.17, 15) is 0 Å². The number of nitrogens with one attached hydrogen (secondary N) is 2. The van der Waals surface area contributed by atoms with Gasteiger partial charge in [0.05, 0.1) is 0 Å². The van der Waals surface area contributed by atoms with E-state index in [1.807, 2.05) is 12.1 Å². The predicted octanol–water partition coefficient (Wildman–Crippen LogP) is 6.05. The standard InChI is InChI=1S/C20H35N3/c1-5-6-7-8-9-10-11-12-15-22-19-17(14-13-16-23-19)18(21)20(2,3)4/h13-14,16,21H,5-12,15H2,1-4H3,(H,22,23). The fraction of sp³-hybridized carbons (Fsp3) is 0.700. The Morgan fingerprint density at radius 3 is 2.26 bits per heavy atom. The molecule has 1 aromatic rings. The summed E-state index contributed by atoms with van der Waals surface area (Å²) in [5, 5.41) is 11.8. The molecule has 0 fully saturated rings. The third-order valence-corrected chi connectivity index (χ3v) is 4.15. The highest BCUT2D eigenvalue weighted by molar-refractivity contribution is 6.05. The van der Waals surface area contributed by atoms with Crippen molar-refractivity contribution in [1.82, 2.24) is 4.98 Å². The van der Waals surface area contributed by atoms with Gasteiger partial charge in [0.1, 0.15) is 5.82 Å². The zero-order chi connectivity index (χ0) is 17.1. The number of anilines is 1. The Labute approximate surface area is 142 Å². The van der Waals surface area contributed by atoms with Crippen LogP contribution in [0.15, 0.2) is 18.3 Å². The van der Waals surface area contributed by atoms with E-state index in [4.69, 9.17) is 5.41 Å². The summed E-state index contributed by atoms with van der Waals surface area (Å²) in [7, 11) is 0. The molecule has 0 atom stereocenters. The van der Waals surface area contributed by atoms with E-state index in [1.54, 1.807) is 6.20 Å². The minimum absolute atomic E-state index is 0.155. The van der Waals surface area contributed by atoms with Crippen LogP contribution >= 0.6 is 0 Å². The minimum Gasteiger partial charge on any atom is -0.370 e. The van der Waals surface area contributed by atoms with Crippen molar-refractivity contribution in [2.24, 2.45) is 5.41 Å². The number of hydrogen-bond donors (Lipinski definition) is 2. The first-order valence-corrected chi connectivity index (χ1v) is 9.25. The molecule has 0 aliphatic heterocycles. The Morgan fingerprint density at radius 1 is 1.04 bits per heavy atom. The zero-order valence-electron chi connectivity index (χ0n) is 15.5. The Bertz CT molecular complexity index is 460. The molecule has 0 amide bonds. The fourth-order valence-corrected chi connectivity index (χ4v) is 2.62.